The van der Waals surface area contributed by atoms with E-state index in [1.807, 2.05) is 6.07 Å². The third-order valence-electron chi connectivity index (χ3n) is 4.16. The van der Waals surface area contributed by atoms with E-state index < -0.39 is 0 Å². The summed E-state index contributed by atoms with van der Waals surface area (Å²) in [4.78, 5) is 2.50. The van der Waals surface area contributed by atoms with Crippen molar-refractivity contribution in [1.29, 1.82) is 0 Å². The van der Waals surface area contributed by atoms with Crippen LogP contribution in [0.3, 0.4) is 0 Å². The number of piperidine rings is 1. The number of nitrogens with zero attached hydrogens (tertiary/aromatic N) is 1. The first-order valence-electron chi connectivity index (χ1n) is 7.37. The smallest absolute Gasteiger partial charge is 0.0409 e. The monoisotopic (exact) mass is 280 g/mol. The second-order valence-electron chi connectivity index (χ2n) is 5.61. The van der Waals surface area contributed by atoms with Gasteiger partial charge in [-0.15, -0.1) is 0 Å². The summed E-state index contributed by atoms with van der Waals surface area (Å²) >= 11 is 6.12. The summed E-state index contributed by atoms with van der Waals surface area (Å²) in [6, 6.07) is 8.78. The summed E-state index contributed by atoms with van der Waals surface area (Å²) in [5, 5.41) is 4.27. The fourth-order valence-corrected chi connectivity index (χ4v) is 3.31. The minimum atomic E-state index is 0.480. The van der Waals surface area contributed by atoms with Gasteiger partial charge in [-0.1, -0.05) is 30.7 Å². The summed E-state index contributed by atoms with van der Waals surface area (Å²) in [6.07, 6.45) is 3.73. The lowest BCUT2D eigenvalue weighted by molar-refractivity contribution is 0.182. The van der Waals surface area contributed by atoms with Crippen LogP contribution in [-0.2, 0) is 0 Å². The molecule has 1 fully saturated rings. The third-order valence-corrected chi connectivity index (χ3v) is 4.39. The molecule has 2 rings (SSSR count). The molecule has 1 aliphatic rings. The quantitative estimate of drug-likeness (QED) is 0.884. The van der Waals surface area contributed by atoms with Gasteiger partial charge in [0.15, 0.2) is 0 Å². The summed E-state index contributed by atoms with van der Waals surface area (Å²) in [6.45, 7) is 5.79. The van der Waals surface area contributed by atoms with E-state index in [1.165, 1.54) is 38.0 Å². The summed E-state index contributed by atoms with van der Waals surface area (Å²) in [5.41, 5.74) is 1.34. The molecule has 1 aliphatic heterocycles. The summed E-state index contributed by atoms with van der Waals surface area (Å²) < 4.78 is 0. The highest BCUT2D eigenvalue weighted by Crippen LogP contribution is 2.27. The molecule has 1 atom stereocenters. The molecule has 1 unspecified atom stereocenters. The Kier molecular flexibility index (Phi) is 5.68. The van der Waals surface area contributed by atoms with Crippen LogP contribution in [0.25, 0.3) is 0 Å². The van der Waals surface area contributed by atoms with Crippen LogP contribution in [0.15, 0.2) is 24.3 Å². The Balaban J connectivity index is 1.99. The van der Waals surface area contributed by atoms with Crippen LogP contribution in [0, 0.1) is 5.92 Å². The molecule has 1 aromatic rings. The molecule has 0 spiro atoms. The molecule has 0 aliphatic carbocycles. The van der Waals surface area contributed by atoms with Crippen LogP contribution < -0.4 is 5.32 Å². The Morgan fingerprint density at radius 3 is 2.74 bits per heavy atom. The zero-order chi connectivity index (χ0) is 13.7. The first-order valence-corrected chi connectivity index (χ1v) is 7.75. The second-order valence-corrected chi connectivity index (χ2v) is 6.05. The van der Waals surface area contributed by atoms with E-state index in [4.69, 9.17) is 11.6 Å². The van der Waals surface area contributed by atoms with Crippen LogP contribution in [0.5, 0.6) is 0 Å². The van der Waals surface area contributed by atoms with E-state index in [2.05, 4.69) is 42.4 Å². The lowest BCUT2D eigenvalue weighted by atomic mass is 9.95. The van der Waals surface area contributed by atoms with Gasteiger partial charge >= 0.3 is 0 Å². The predicted octanol–water partition coefficient (Wildman–Crippen LogP) is 3.72. The van der Waals surface area contributed by atoms with Crippen LogP contribution in [0.1, 0.15) is 37.8 Å². The molecule has 1 saturated heterocycles. The zero-order valence-electron chi connectivity index (χ0n) is 12.0. The van der Waals surface area contributed by atoms with Gasteiger partial charge in [-0.2, -0.15) is 0 Å². The third kappa shape index (κ3) is 4.20. The Labute approximate surface area is 122 Å². The highest BCUT2D eigenvalue weighted by molar-refractivity contribution is 6.30. The molecule has 1 heterocycles. The van der Waals surface area contributed by atoms with Crippen molar-refractivity contribution in [2.45, 2.75) is 32.2 Å². The molecule has 0 amide bonds. The Hall–Kier alpha value is -0.570. The molecule has 106 valence electrons. The van der Waals surface area contributed by atoms with E-state index in [9.17, 15) is 0 Å². The van der Waals surface area contributed by atoms with Gasteiger partial charge in [0.1, 0.15) is 0 Å². The Morgan fingerprint density at radius 2 is 2.11 bits per heavy atom. The maximum absolute atomic E-state index is 6.12. The van der Waals surface area contributed by atoms with Gasteiger partial charge in [-0.25, -0.2) is 0 Å². The van der Waals surface area contributed by atoms with Gasteiger partial charge in [-0.3, -0.25) is 4.90 Å². The molecule has 1 aromatic carbocycles. The van der Waals surface area contributed by atoms with Crippen molar-refractivity contribution in [2.75, 3.05) is 26.7 Å². The molecule has 19 heavy (non-hydrogen) atoms. The maximum atomic E-state index is 6.12. The minimum absolute atomic E-state index is 0.480. The molecule has 0 aromatic heterocycles. The van der Waals surface area contributed by atoms with E-state index >= 15 is 0 Å². The molecule has 2 nitrogen and oxygen atoms in total. The van der Waals surface area contributed by atoms with Gasteiger partial charge in [0.05, 0.1) is 0 Å². The number of rotatable bonds is 5. The predicted molar refractivity (Wildman–Crippen MR) is 82.7 cm³/mol. The van der Waals surface area contributed by atoms with Crippen molar-refractivity contribution in [1.82, 2.24) is 10.2 Å². The standard InChI is InChI=1S/C16H25ClN2/c1-3-16(14-5-4-6-15(17)11-14)19(2)12-13-7-9-18-10-8-13/h4-6,11,13,16,18H,3,7-10,12H2,1-2H3. The zero-order valence-corrected chi connectivity index (χ0v) is 12.8. The largest absolute Gasteiger partial charge is 0.317 e. The van der Waals surface area contributed by atoms with Crippen molar-refractivity contribution < 1.29 is 0 Å². The van der Waals surface area contributed by atoms with Crippen molar-refractivity contribution >= 4 is 11.6 Å². The second kappa shape index (κ2) is 7.28. The van der Waals surface area contributed by atoms with E-state index in [0.717, 1.165) is 17.4 Å². The molecule has 3 heteroatoms. The van der Waals surface area contributed by atoms with Crippen LogP contribution in [0.2, 0.25) is 5.02 Å². The molecule has 0 radical (unpaired) electrons. The fourth-order valence-electron chi connectivity index (χ4n) is 3.11. The summed E-state index contributed by atoms with van der Waals surface area (Å²) in [7, 11) is 2.25. The number of benzene rings is 1. The van der Waals surface area contributed by atoms with Crippen molar-refractivity contribution in [3.8, 4) is 0 Å². The number of hydrogen-bond acceptors (Lipinski definition) is 2. The molecular weight excluding hydrogens is 256 g/mol. The van der Waals surface area contributed by atoms with Crippen LogP contribution in [-0.4, -0.2) is 31.6 Å². The average molecular weight is 281 g/mol. The molecular formula is C16H25ClN2. The Morgan fingerprint density at radius 1 is 1.37 bits per heavy atom. The first-order chi connectivity index (χ1) is 9.20. The van der Waals surface area contributed by atoms with Gasteiger partial charge in [-0.05, 0) is 63.0 Å². The SMILES string of the molecule is CCC(c1cccc(Cl)c1)N(C)CC1CCNCC1. The van der Waals surface area contributed by atoms with Crippen LogP contribution >= 0.6 is 11.6 Å². The average Bonchev–Trinajstić information content (AvgIpc) is 2.41. The van der Waals surface area contributed by atoms with Crippen LogP contribution in [0.4, 0.5) is 0 Å². The van der Waals surface area contributed by atoms with Gasteiger partial charge in [0.2, 0.25) is 0 Å². The van der Waals surface area contributed by atoms with E-state index in [1.54, 1.807) is 0 Å². The van der Waals surface area contributed by atoms with Gasteiger partial charge < -0.3 is 5.32 Å². The number of nitrogens with one attached hydrogen (secondary N) is 1. The minimum Gasteiger partial charge on any atom is -0.317 e. The number of hydrogen-bond donors (Lipinski definition) is 1. The molecule has 0 bridgehead atoms. The molecule has 1 N–H and O–H groups in total. The molecule has 0 saturated carbocycles. The van der Waals surface area contributed by atoms with Crippen molar-refractivity contribution in [3.63, 3.8) is 0 Å². The van der Waals surface area contributed by atoms with Crippen molar-refractivity contribution in [3.05, 3.63) is 34.9 Å². The highest BCUT2D eigenvalue weighted by Gasteiger charge is 2.20. The first kappa shape index (κ1) is 14.8. The topological polar surface area (TPSA) is 15.3 Å². The normalized spacial score (nSPS) is 18.7. The number of halogens is 1. The van der Waals surface area contributed by atoms with Crippen molar-refractivity contribution in [2.24, 2.45) is 5.92 Å². The Bertz CT molecular complexity index is 388. The maximum Gasteiger partial charge on any atom is 0.0409 e. The lowest BCUT2D eigenvalue weighted by Crippen LogP contribution is -2.36. The van der Waals surface area contributed by atoms with E-state index in [0.29, 0.717) is 6.04 Å². The lowest BCUT2D eigenvalue weighted by Gasteiger charge is -2.33. The highest BCUT2D eigenvalue weighted by atomic mass is 35.5. The fraction of sp³-hybridized carbons (Fsp3) is 0.625. The van der Waals surface area contributed by atoms with Gasteiger partial charge in [0, 0.05) is 17.6 Å². The van der Waals surface area contributed by atoms with E-state index in [-0.39, 0.29) is 0 Å². The summed E-state index contributed by atoms with van der Waals surface area (Å²) in [5.74, 6) is 0.833. The van der Waals surface area contributed by atoms with Gasteiger partial charge in [0.25, 0.3) is 0 Å².